The van der Waals surface area contributed by atoms with E-state index in [9.17, 15) is 9.59 Å². The number of aromatic nitrogens is 2. The number of hydrogen-bond acceptors (Lipinski definition) is 3. The zero-order chi connectivity index (χ0) is 14.0. The molecular weight excluding hydrogens is 242 g/mol. The van der Waals surface area contributed by atoms with Gasteiger partial charge < -0.3 is 4.90 Å². The van der Waals surface area contributed by atoms with Crippen molar-refractivity contribution in [1.82, 2.24) is 14.7 Å². The lowest BCUT2D eigenvalue weighted by atomic mass is 9.85. The van der Waals surface area contributed by atoms with Gasteiger partial charge in [-0.05, 0) is 24.8 Å². The van der Waals surface area contributed by atoms with E-state index in [1.807, 2.05) is 7.05 Å². The van der Waals surface area contributed by atoms with Gasteiger partial charge in [0.05, 0.1) is 0 Å². The molecule has 1 aromatic heterocycles. The second kappa shape index (κ2) is 5.55. The molecule has 5 nitrogen and oxygen atoms in total. The summed E-state index contributed by atoms with van der Waals surface area (Å²) in [5.41, 5.74) is 0.132. The Morgan fingerprint density at radius 2 is 2.05 bits per heavy atom. The minimum absolute atomic E-state index is 0.102. The summed E-state index contributed by atoms with van der Waals surface area (Å²) in [5, 5.41) is 4.03. The largest absolute Gasteiger partial charge is 0.337 e. The van der Waals surface area contributed by atoms with E-state index < -0.39 is 0 Å². The topological polar surface area (TPSA) is 55.2 Å². The highest BCUT2D eigenvalue weighted by molar-refractivity contribution is 5.92. The molecule has 1 saturated carbocycles. The quantitative estimate of drug-likeness (QED) is 0.811. The molecule has 1 amide bonds. The Balaban J connectivity index is 2.18. The highest BCUT2D eigenvalue weighted by Crippen LogP contribution is 2.27. The van der Waals surface area contributed by atoms with Crippen molar-refractivity contribution in [1.29, 1.82) is 0 Å². The maximum atomic E-state index is 12.4. The van der Waals surface area contributed by atoms with Gasteiger partial charge in [0.2, 0.25) is 0 Å². The van der Waals surface area contributed by atoms with Gasteiger partial charge in [-0.3, -0.25) is 9.59 Å². The van der Waals surface area contributed by atoms with Crippen LogP contribution in [0.4, 0.5) is 0 Å². The van der Waals surface area contributed by atoms with E-state index in [2.05, 4.69) is 12.0 Å². The minimum atomic E-state index is -0.203. The summed E-state index contributed by atoms with van der Waals surface area (Å²) in [7, 11) is 3.39. The molecule has 1 aliphatic carbocycles. The fourth-order valence-electron chi connectivity index (χ4n) is 2.82. The van der Waals surface area contributed by atoms with Crippen molar-refractivity contribution in [2.24, 2.45) is 13.0 Å². The van der Waals surface area contributed by atoms with E-state index in [1.54, 1.807) is 11.9 Å². The van der Waals surface area contributed by atoms with Crippen LogP contribution in [-0.2, 0) is 7.05 Å². The Labute approximate surface area is 113 Å². The molecule has 5 heteroatoms. The lowest BCUT2D eigenvalue weighted by Gasteiger charge is -2.36. The molecule has 2 atom stereocenters. The van der Waals surface area contributed by atoms with Crippen molar-refractivity contribution in [3.8, 4) is 0 Å². The fraction of sp³-hybridized carbons (Fsp3) is 0.643. The molecular formula is C14H21N3O2. The van der Waals surface area contributed by atoms with Gasteiger partial charge in [-0.1, -0.05) is 19.8 Å². The fourth-order valence-corrected chi connectivity index (χ4v) is 2.82. The van der Waals surface area contributed by atoms with Gasteiger partial charge in [0.1, 0.15) is 5.69 Å². The lowest BCUT2D eigenvalue weighted by Crippen LogP contribution is -2.43. The van der Waals surface area contributed by atoms with Crippen LogP contribution in [0.15, 0.2) is 16.9 Å². The highest BCUT2D eigenvalue weighted by Gasteiger charge is 2.29. The smallest absolute Gasteiger partial charge is 0.274 e. The van der Waals surface area contributed by atoms with Crippen LogP contribution < -0.4 is 5.56 Å². The van der Waals surface area contributed by atoms with Gasteiger partial charge in [0.15, 0.2) is 0 Å². The van der Waals surface area contributed by atoms with Crippen LogP contribution in [0, 0.1) is 5.92 Å². The first-order valence-electron chi connectivity index (χ1n) is 6.82. The minimum Gasteiger partial charge on any atom is -0.337 e. The van der Waals surface area contributed by atoms with Gasteiger partial charge >= 0.3 is 0 Å². The van der Waals surface area contributed by atoms with Crippen LogP contribution in [-0.4, -0.2) is 33.7 Å². The Kier molecular flexibility index (Phi) is 4.02. The van der Waals surface area contributed by atoms with E-state index in [0.717, 1.165) is 6.42 Å². The van der Waals surface area contributed by atoms with E-state index in [-0.39, 0.29) is 17.5 Å². The SMILES string of the molecule is CC1CCCCC1N(C)C(=O)c1ccc(=O)n(C)n1. The molecule has 0 N–H and O–H groups in total. The predicted molar refractivity (Wildman–Crippen MR) is 73.0 cm³/mol. The van der Waals surface area contributed by atoms with Crippen LogP contribution in [0.2, 0.25) is 0 Å². The van der Waals surface area contributed by atoms with Crippen LogP contribution in [0.1, 0.15) is 43.1 Å². The number of hydrogen-bond donors (Lipinski definition) is 0. The summed E-state index contributed by atoms with van der Waals surface area (Å²) < 4.78 is 1.20. The molecule has 1 heterocycles. The summed E-state index contributed by atoms with van der Waals surface area (Å²) in [6.45, 7) is 2.20. The zero-order valence-electron chi connectivity index (χ0n) is 11.8. The van der Waals surface area contributed by atoms with Crippen LogP contribution >= 0.6 is 0 Å². The predicted octanol–water partition coefficient (Wildman–Crippen LogP) is 1.43. The van der Waals surface area contributed by atoms with Crippen molar-refractivity contribution in [2.75, 3.05) is 7.05 Å². The number of aryl methyl sites for hydroxylation is 1. The summed E-state index contributed by atoms with van der Waals surface area (Å²) in [5.74, 6) is 0.421. The summed E-state index contributed by atoms with van der Waals surface area (Å²) in [6, 6.07) is 3.17. The van der Waals surface area contributed by atoms with Crippen molar-refractivity contribution in [3.05, 3.63) is 28.2 Å². The second-order valence-corrected chi connectivity index (χ2v) is 5.43. The molecule has 2 unspecified atom stereocenters. The van der Waals surface area contributed by atoms with Gasteiger partial charge in [-0.2, -0.15) is 5.10 Å². The molecule has 0 aliphatic heterocycles. The Morgan fingerprint density at radius 1 is 1.37 bits per heavy atom. The average molecular weight is 263 g/mol. The third kappa shape index (κ3) is 2.85. The third-order valence-electron chi connectivity index (χ3n) is 4.06. The number of amides is 1. The molecule has 1 fully saturated rings. The molecule has 2 rings (SSSR count). The monoisotopic (exact) mass is 263 g/mol. The molecule has 1 aliphatic rings. The van der Waals surface area contributed by atoms with Gasteiger partial charge in [0, 0.05) is 26.2 Å². The molecule has 0 bridgehead atoms. The number of rotatable bonds is 2. The van der Waals surface area contributed by atoms with Crippen LogP contribution in [0.25, 0.3) is 0 Å². The van der Waals surface area contributed by atoms with E-state index >= 15 is 0 Å². The molecule has 0 aromatic carbocycles. The lowest BCUT2D eigenvalue weighted by molar-refractivity contribution is 0.0620. The second-order valence-electron chi connectivity index (χ2n) is 5.43. The van der Waals surface area contributed by atoms with Crippen molar-refractivity contribution < 1.29 is 4.79 Å². The van der Waals surface area contributed by atoms with Crippen molar-refractivity contribution in [3.63, 3.8) is 0 Å². The molecule has 1 aromatic rings. The first-order valence-corrected chi connectivity index (χ1v) is 6.82. The molecule has 0 spiro atoms. The van der Waals surface area contributed by atoms with E-state index in [4.69, 9.17) is 0 Å². The Bertz CT molecular complexity index is 524. The summed E-state index contributed by atoms with van der Waals surface area (Å²) in [6.07, 6.45) is 4.64. The summed E-state index contributed by atoms with van der Waals surface area (Å²) >= 11 is 0. The highest BCUT2D eigenvalue weighted by atomic mass is 16.2. The number of carbonyl (C=O) groups is 1. The maximum Gasteiger partial charge on any atom is 0.274 e. The van der Waals surface area contributed by atoms with E-state index in [1.165, 1.54) is 36.1 Å². The molecule has 19 heavy (non-hydrogen) atoms. The normalized spacial score (nSPS) is 23.1. The Hall–Kier alpha value is -1.65. The van der Waals surface area contributed by atoms with Gasteiger partial charge in [-0.25, -0.2) is 4.68 Å². The first-order chi connectivity index (χ1) is 9.00. The zero-order valence-corrected chi connectivity index (χ0v) is 11.8. The standard InChI is InChI=1S/C14H21N3O2/c1-10-6-4-5-7-12(10)16(2)14(19)11-8-9-13(18)17(3)15-11/h8-10,12H,4-7H2,1-3H3. The van der Waals surface area contributed by atoms with Gasteiger partial charge in [0.25, 0.3) is 11.5 Å². The van der Waals surface area contributed by atoms with E-state index in [0.29, 0.717) is 11.6 Å². The third-order valence-corrected chi connectivity index (χ3v) is 4.06. The number of carbonyl (C=O) groups excluding carboxylic acids is 1. The Morgan fingerprint density at radius 3 is 2.68 bits per heavy atom. The molecule has 0 radical (unpaired) electrons. The maximum absolute atomic E-state index is 12.4. The van der Waals surface area contributed by atoms with Crippen molar-refractivity contribution in [2.45, 2.75) is 38.6 Å². The van der Waals surface area contributed by atoms with Crippen molar-refractivity contribution >= 4 is 5.91 Å². The van der Waals surface area contributed by atoms with Crippen LogP contribution in [0.3, 0.4) is 0 Å². The first kappa shape index (κ1) is 13.8. The average Bonchev–Trinajstić information content (AvgIpc) is 2.41. The number of nitrogens with zero attached hydrogens (tertiary/aromatic N) is 3. The molecule has 0 saturated heterocycles. The van der Waals surface area contributed by atoms with Gasteiger partial charge in [-0.15, -0.1) is 0 Å². The van der Waals surface area contributed by atoms with Crippen LogP contribution in [0.5, 0.6) is 0 Å². The molecule has 104 valence electrons. The summed E-state index contributed by atoms with van der Waals surface area (Å²) in [4.78, 5) is 25.5.